The van der Waals surface area contributed by atoms with E-state index in [0.29, 0.717) is 12.0 Å². The number of carbonyl (C=O) groups is 1. The molecule has 1 aliphatic rings. The maximum Gasteiger partial charge on any atom is 0.289 e. The second kappa shape index (κ2) is 6.45. The lowest BCUT2D eigenvalue weighted by atomic mass is 10.1. The maximum absolute atomic E-state index is 13.0. The summed E-state index contributed by atoms with van der Waals surface area (Å²) in [6.07, 6.45) is 0.603. The van der Waals surface area contributed by atoms with Crippen molar-refractivity contribution >= 4 is 38.8 Å². The molecular formula is C16H13ClN2O5S. The number of rotatable bonds is 3. The molecular weight excluding hydrogens is 368 g/mol. The molecule has 0 atom stereocenters. The van der Waals surface area contributed by atoms with Crippen molar-refractivity contribution in [2.45, 2.75) is 17.7 Å². The van der Waals surface area contributed by atoms with Gasteiger partial charge in [0.05, 0.1) is 15.5 Å². The Bertz CT molecular complexity index is 974. The molecule has 0 aromatic heterocycles. The highest BCUT2D eigenvalue weighted by atomic mass is 35.5. The molecule has 0 spiro atoms. The number of fused-ring (bicyclic) bond motifs is 1. The van der Waals surface area contributed by atoms with Crippen molar-refractivity contribution in [3.8, 4) is 0 Å². The van der Waals surface area contributed by atoms with Crippen LogP contribution in [0.15, 0.2) is 47.4 Å². The van der Waals surface area contributed by atoms with Gasteiger partial charge in [-0.15, -0.1) is 0 Å². The average Bonchev–Trinajstić information content (AvgIpc) is 2.74. The first-order valence-corrected chi connectivity index (χ1v) is 9.23. The quantitative estimate of drug-likeness (QED) is 0.600. The van der Waals surface area contributed by atoms with E-state index < -0.39 is 20.6 Å². The van der Waals surface area contributed by atoms with Gasteiger partial charge in [-0.1, -0.05) is 23.7 Å². The van der Waals surface area contributed by atoms with Crippen molar-refractivity contribution in [1.82, 2.24) is 0 Å². The van der Waals surface area contributed by atoms with Crippen LogP contribution in [0.4, 0.5) is 11.4 Å². The summed E-state index contributed by atoms with van der Waals surface area (Å²) in [7, 11) is -4.08. The van der Waals surface area contributed by atoms with E-state index in [1.165, 1.54) is 12.1 Å². The summed E-state index contributed by atoms with van der Waals surface area (Å²) >= 11 is 5.76. The van der Waals surface area contributed by atoms with E-state index in [1.54, 1.807) is 24.3 Å². The maximum atomic E-state index is 13.0. The molecule has 0 unspecified atom stereocenters. The van der Waals surface area contributed by atoms with Crippen LogP contribution in [0.2, 0.25) is 5.02 Å². The van der Waals surface area contributed by atoms with E-state index in [4.69, 9.17) is 11.6 Å². The molecule has 1 heterocycles. The molecule has 0 N–H and O–H groups in total. The molecule has 2 aromatic rings. The third-order valence-corrected chi connectivity index (χ3v) is 6.07. The van der Waals surface area contributed by atoms with Crippen molar-refractivity contribution in [3.63, 3.8) is 0 Å². The van der Waals surface area contributed by atoms with Crippen LogP contribution in [-0.4, -0.2) is 25.7 Å². The third kappa shape index (κ3) is 3.10. The van der Waals surface area contributed by atoms with E-state index in [9.17, 15) is 23.3 Å². The standard InChI is InChI=1S/C16H13ClN2O5S/c17-13-8-7-11(10-15(13)19(21)22)25(23,24)18-9-3-6-16(20)12-4-1-2-5-14(12)18/h1-2,4-5,7-8,10H,3,6,9H2. The monoisotopic (exact) mass is 380 g/mol. The number of nitro benzene ring substituents is 1. The lowest BCUT2D eigenvalue weighted by Crippen LogP contribution is -2.32. The first kappa shape index (κ1) is 17.4. The molecule has 0 fully saturated rings. The Morgan fingerprint density at radius 2 is 1.88 bits per heavy atom. The molecule has 0 radical (unpaired) electrons. The number of nitrogens with zero attached hydrogens (tertiary/aromatic N) is 2. The van der Waals surface area contributed by atoms with E-state index in [2.05, 4.69) is 0 Å². The smallest absolute Gasteiger partial charge is 0.289 e. The molecule has 0 saturated carbocycles. The van der Waals surface area contributed by atoms with Gasteiger partial charge in [0.2, 0.25) is 0 Å². The molecule has 0 saturated heterocycles. The Hall–Kier alpha value is -2.45. The van der Waals surface area contributed by atoms with Crippen LogP contribution in [0.25, 0.3) is 0 Å². The summed E-state index contributed by atoms with van der Waals surface area (Å²) in [5.74, 6) is -0.129. The van der Waals surface area contributed by atoms with E-state index in [0.717, 1.165) is 10.4 Å². The van der Waals surface area contributed by atoms with Gasteiger partial charge in [-0.05, 0) is 30.7 Å². The number of ketones is 1. The number of para-hydroxylation sites is 1. The van der Waals surface area contributed by atoms with Crippen LogP contribution in [-0.2, 0) is 10.0 Å². The summed E-state index contributed by atoms with van der Waals surface area (Å²) in [6, 6.07) is 9.79. The van der Waals surface area contributed by atoms with Gasteiger partial charge < -0.3 is 0 Å². The number of hydrogen-bond donors (Lipinski definition) is 0. The third-order valence-electron chi connectivity index (χ3n) is 3.94. The number of Topliss-reactive ketones (excluding diaryl/α,β-unsaturated/α-hetero) is 1. The molecule has 0 aliphatic carbocycles. The zero-order valence-electron chi connectivity index (χ0n) is 12.9. The zero-order chi connectivity index (χ0) is 18.2. The largest absolute Gasteiger partial charge is 0.294 e. The molecule has 3 rings (SSSR count). The van der Waals surface area contributed by atoms with Crippen molar-refractivity contribution in [3.05, 3.63) is 63.2 Å². The molecule has 0 bridgehead atoms. The van der Waals surface area contributed by atoms with Crippen LogP contribution in [0, 0.1) is 10.1 Å². The summed E-state index contributed by atoms with van der Waals surface area (Å²) < 4.78 is 27.2. The molecule has 2 aromatic carbocycles. The first-order valence-electron chi connectivity index (χ1n) is 7.41. The average molecular weight is 381 g/mol. The number of anilines is 1. The summed E-state index contributed by atoms with van der Waals surface area (Å²) in [4.78, 5) is 22.2. The van der Waals surface area contributed by atoms with Crippen LogP contribution in [0.3, 0.4) is 0 Å². The summed E-state index contributed by atoms with van der Waals surface area (Å²) in [5, 5.41) is 10.9. The Labute approximate surface area is 149 Å². The number of halogens is 1. The molecule has 130 valence electrons. The first-order chi connectivity index (χ1) is 11.8. The molecule has 0 amide bonds. The number of hydrogen-bond acceptors (Lipinski definition) is 5. The van der Waals surface area contributed by atoms with Gasteiger partial charge in [0.1, 0.15) is 5.02 Å². The van der Waals surface area contributed by atoms with Crippen molar-refractivity contribution in [2.75, 3.05) is 10.8 Å². The predicted octanol–water partition coefficient (Wildman–Crippen LogP) is 3.42. The fourth-order valence-electron chi connectivity index (χ4n) is 2.73. The van der Waals surface area contributed by atoms with E-state index in [1.807, 2.05) is 0 Å². The highest BCUT2D eigenvalue weighted by molar-refractivity contribution is 7.92. The van der Waals surface area contributed by atoms with Gasteiger partial charge >= 0.3 is 0 Å². The van der Waals surface area contributed by atoms with Gasteiger partial charge in [0.25, 0.3) is 15.7 Å². The topological polar surface area (TPSA) is 97.6 Å². The van der Waals surface area contributed by atoms with Gasteiger partial charge in [0, 0.05) is 24.6 Å². The fourth-order valence-corrected chi connectivity index (χ4v) is 4.46. The number of carbonyl (C=O) groups excluding carboxylic acids is 1. The van der Waals surface area contributed by atoms with Crippen LogP contribution < -0.4 is 4.31 Å². The highest BCUT2D eigenvalue weighted by Crippen LogP contribution is 2.33. The SMILES string of the molecule is O=C1CCCN(S(=O)(=O)c2ccc(Cl)c([N+](=O)[O-])c2)c2ccccc21. The number of benzene rings is 2. The second-order valence-corrected chi connectivity index (χ2v) is 7.76. The minimum atomic E-state index is -4.08. The Kier molecular flexibility index (Phi) is 4.49. The molecule has 9 heteroatoms. The molecule has 7 nitrogen and oxygen atoms in total. The predicted molar refractivity (Wildman–Crippen MR) is 92.6 cm³/mol. The van der Waals surface area contributed by atoms with Crippen LogP contribution >= 0.6 is 11.6 Å². The lowest BCUT2D eigenvalue weighted by Gasteiger charge is -2.24. The summed E-state index contributed by atoms with van der Waals surface area (Å²) in [5.41, 5.74) is 0.122. The van der Waals surface area contributed by atoms with Crippen molar-refractivity contribution in [2.24, 2.45) is 0 Å². The van der Waals surface area contributed by atoms with Gasteiger partial charge in [-0.2, -0.15) is 0 Å². The van der Waals surface area contributed by atoms with Crippen molar-refractivity contribution in [1.29, 1.82) is 0 Å². The van der Waals surface area contributed by atoms with Gasteiger partial charge in [-0.25, -0.2) is 8.42 Å². The van der Waals surface area contributed by atoms with Crippen LogP contribution in [0.5, 0.6) is 0 Å². The van der Waals surface area contributed by atoms with Gasteiger partial charge in [-0.3, -0.25) is 19.2 Å². The zero-order valence-corrected chi connectivity index (χ0v) is 14.5. The summed E-state index contributed by atoms with van der Waals surface area (Å²) in [6.45, 7) is 0.113. The fraction of sp³-hybridized carbons (Fsp3) is 0.188. The number of sulfonamides is 1. The Morgan fingerprint density at radius 3 is 2.60 bits per heavy atom. The molecule has 1 aliphatic heterocycles. The Balaban J connectivity index is 2.15. The lowest BCUT2D eigenvalue weighted by molar-refractivity contribution is -0.384. The Morgan fingerprint density at radius 1 is 1.16 bits per heavy atom. The normalized spacial score (nSPS) is 14.8. The van der Waals surface area contributed by atoms with Crippen LogP contribution in [0.1, 0.15) is 23.2 Å². The van der Waals surface area contributed by atoms with E-state index in [-0.39, 0.29) is 34.4 Å². The minimum Gasteiger partial charge on any atom is -0.294 e. The van der Waals surface area contributed by atoms with E-state index >= 15 is 0 Å². The number of nitro groups is 1. The highest BCUT2D eigenvalue weighted by Gasteiger charge is 2.31. The molecule has 25 heavy (non-hydrogen) atoms. The second-order valence-electron chi connectivity index (χ2n) is 5.49. The van der Waals surface area contributed by atoms with Gasteiger partial charge in [0.15, 0.2) is 5.78 Å². The van der Waals surface area contributed by atoms with Crippen molar-refractivity contribution < 1.29 is 18.1 Å². The minimum absolute atomic E-state index is 0.113.